The number of benzene rings is 2. The maximum Gasteiger partial charge on any atom is 0.296 e. The molecule has 0 saturated carbocycles. The number of aromatic amines is 1. The van der Waals surface area contributed by atoms with Crippen LogP contribution in [0, 0.1) is 0 Å². The molecule has 1 amide bonds. The van der Waals surface area contributed by atoms with E-state index in [0.29, 0.717) is 12.4 Å². The molecule has 1 aliphatic heterocycles. The van der Waals surface area contributed by atoms with Crippen LogP contribution in [0.5, 0.6) is 5.75 Å². The van der Waals surface area contributed by atoms with Gasteiger partial charge in [-0.3, -0.25) is 14.2 Å². The molecule has 8 nitrogen and oxygen atoms in total. The smallest absolute Gasteiger partial charge is 0.296 e. The van der Waals surface area contributed by atoms with E-state index in [1.165, 1.54) is 4.57 Å². The third-order valence-electron chi connectivity index (χ3n) is 6.00. The number of carbonyl (C=O) groups is 1. The summed E-state index contributed by atoms with van der Waals surface area (Å²) < 4.78 is 7.07. The Labute approximate surface area is 189 Å². The number of hydrogen-bond acceptors (Lipinski definition) is 5. The van der Waals surface area contributed by atoms with Crippen LogP contribution >= 0.6 is 0 Å². The van der Waals surface area contributed by atoms with Crippen LogP contribution in [-0.2, 0) is 23.4 Å². The SMILES string of the molecule is CC1(C)OCCn2c1nc(C(=O)NCc1ccccc1-c1ccc3[nH]ccc3c1)c(O)c2=O. The average molecular weight is 444 g/mol. The highest BCUT2D eigenvalue weighted by Crippen LogP contribution is 2.29. The summed E-state index contributed by atoms with van der Waals surface area (Å²) in [5.41, 5.74) is 2.19. The maximum absolute atomic E-state index is 12.9. The Bertz CT molecular complexity index is 1430. The van der Waals surface area contributed by atoms with Gasteiger partial charge in [-0.2, -0.15) is 0 Å². The van der Waals surface area contributed by atoms with E-state index in [0.717, 1.165) is 27.6 Å². The predicted octanol–water partition coefficient (Wildman–Crippen LogP) is 3.29. The first-order valence-electron chi connectivity index (χ1n) is 10.8. The van der Waals surface area contributed by atoms with Gasteiger partial charge in [0, 0.05) is 18.3 Å². The van der Waals surface area contributed by atoms with Crippen molar-refractivity contribution in [2.45, 2.75) is 32.5 Å². The zero-order chi connectivity index (χ0) is 23.2. The summed E-state index contributed by atoms with van der Waals surface area (Å²) in [6, 6.07) is 15.9. The fourth-order valence-electron chi connectivity index (χ4n) is 4.26. The minimum atomic E-state index is -0.844. The molecule has 4 aromatic rings. The lowest BCUT2D eigenvalue weighted by atomic mass is 9.98. The largest absolute Gasteiger partial charge is 0.501 e. The molecule has 0 atom stereocenters. The lowest BCUT2D eigenvalue weighted by Gasteiger charge is -2.32. The lowest BCUT2D eigenvalue weighted by molar-refractivity contribution is -0.0566. The molecule has 3 heterocycles. The van der Waals surface area contributed by atoms with Gasteiger partial charge in [0.1, 0.15) is 11.4 Å². The Morgan fingerprint density at radius 3 is 2.91 bits per heavy atom. The molecule has 1 aliphatic rings. The van der Waals surface area contributed by atoms with Crippen LogP contribution in [0.1, 0.15) is 35.7 Å². The van der Waals surface area contributed by atoms with Crippen LogP contribution in [0.15, 0.2) is 59.5 Å². The van der Waals surface area contributed by atoms with Crippen molar-refractivity contribution in [3.63, 3.8) is 0 Å². The zero-order valence-corrected chi connectivity index (χ0v) is 18.4. The van der Waals surface area contributed by atoms with Gasteiger partial charge in [0.15, 0.2) is 5.69 Å². The number of aromatic hydroxyl groups is 1. The minimum absolute atomic E-state index is 0.208. The average Bonchev–Trinajstić information content (AvgIpc) is 3.28. The maximum atomic E-state index is 12.9. The number of ether oxygens (including phenoxy) is 1. The minimum Gasteiger partial charge on any atom is -0.501 e. The van der Waals surface area contributed by atoms with Crippen molar-refractivity contribution < 1.29 is 14.6 Å². The highest BCUT2D eigenvalue weighted by atomic mass is 16.5. The molecule has 168 valence electrons. The molecule has 2 aromatic carbocycles. The topological polar surface area (TPSA) is 109 Å². The van der Waals surface area contributed by atoms with E-state index in [4.69, 9.17) is 4.74 Å². The first-order chi connectivity index (χ1) is 15.8. The van der Waals surface area contributed by atoms with E-state index >= 15 is 0 Å². The molecule has 2 aromatic heterocycles. The van der Waals surface area contributed by atoms with Crippen molar-refractivity contribution in [1.82, 2.24) is 19.9 Å². The van der Waals surface area contributed by atoms with Crippen molar-refractivity contribution >= 4 is 16.8 Å². The first kappa shape index (κ1) is 21.0. The number of H-pyrrole nitrogens is 1. The van der Waals surface area contributed by atoms with Gasteiger partial charge in [0.2, 0.25) is 5.75 Å². The molecule has 0 radical (unpaired) electrons. The molecule has 5 rings (SSSR count). The molecule has 0 saturated heterocycles. The Morgan fingerprint density at radius 2 is 2.06 bits per heavy atom. The summed E-state index contributed by atoms with van der Waals surface area (Å²) in [4.78, 5) is 33.1. The van der Waals surface area contributed by atoms with Crippen molar-refractivity contribution in [3.05, 3.63) is 82.2 Å². The number of rotatable bonds is 4. The van der Waals surface area contributed by atoms with E-state index in [1.807, 2.05) is 48.7 Å². The van der Waals surface area contributed by atoms with Crippen molar-refractivity contribution in [3.8, 4) is 16.9 Å². The van der Waals surface area contributed by atoms with Gasteiger partial charge in [-0.25, -0.2) is 4.98 Å². The Morgan fingerprint density at radius 1 is 1.24 bits per heavy atom. The standard InChI is InChI=1S/C25H24N4O4/c1-25(2)24-28-20(21(30)23(32)29(24)11-12-33-25)22(31)27-14-17-5-3-4-6-18(17)15-7-8-19-16(13-15)9-10-26-19/h3-10,13,26,30H,11-12,14H2,1-2H3,(H,27,31). The van der Waals surface area contributed by atoms with Gasteiger partial charge in [-0.15, -0.1) is 0 Å². The monoisotopic (exact) mass is 444 g/mol. The predicted molar refractivity (Wildman–Crippen MR) is 124 cm³/mol. The van der Waals surface area contributed by atoms with E-state index in [1.54, 1.807) is 13.8 Å². The summed E-state index contributed by atoms with van der Waals surface area (Å²) in [7, 11) is 0. The van der Waals surface area contributed by atoms with E-state index in [2.05, 4.69) is 21.4 Å². The van der Waals surface area contributed by atoms with E-state index in [9.17, 15) is 14.7 Å². The van der Waals surface area contributed by atoms with Crippen LogP contribution in [0.4, 0.5) is 0 Å². The van der Waals surface area contributed by atoms with Crippen LogP contribution in [0.25, 0.3) is 22.0 Å². The van der Waals surface area contributed by atoms with Gasteiger partial charge >= 0.3 is 0 Å². The fraction of sp³-hybridized carbons (Fsp3) is 0.240. The molecular formula is C25H24N4O4. The number of hydrogen-bond donors (Lipinski definition) is 3. The zero-order valence-electron chi connectivity index (χ0n) is 18.4. The summed E-state index contributed by atoms with van der Waals surface area (Å²) in [6.07, 6.45) is 1.90. The third-order valence-corrected chi connectivity index (χ3v) is 6.00. The molecule has 0 spiro atoms. The summed E-state index contributed by atoms with van der Waals surface area (Å²) in [5, 5.41) is 14.3. The van der Waals surface area contributed by atoms with Gasteiger partial charge in [0.25, 0.3) is 11.5 Å². The van der Waals surface area contributed by atoms with Crippen LogP contribution in [-0.4, -0.2) is 32.2 Å². The summed E-state index contributed by atoms with van der Waals surface area (Å²) >= 11 is 0. The Kier molecular flexibility index (Phi) is 5.02. The van der Waals surface area contributed by atoms with Gasteiger partial charge in [-0.05, 0) is 54.1 Å². The highest BCUT2D eigenvalue weighted by molar-refractivity contribution is 5.95. The fourth-order valence-corrected chi connectivity index (χ4v) is 4.26. The van der Waals surface area contributed by atoms with Crippen LogP contribution < -0.4 is 10.9 Å². The molecule has 8 heteroatoms. The molecule has 0 unspecified atom stereocenters. The Hall–Kier alpha value is -3.91. The number of amides is 1. The molecule has 3 N–H and O–H groups in total. The summed E-state index contributed by atoms with van der Waals surface area (Å²) in [5.74, 6) is -0.952. The Balaban J connectivity index is 1.44. The van der Waals surface area contributed by atoms with Crippen molar-refractivity contribution in [2.24, 2.45) is 0 Å². The van der Waals surface area contributed by atoms with Crippen LogP contribution in [0.3, 0.4) is 0 Å². The number of carbonyl (C=O) groups excluding carboxylic acids is 1. The second-order valence-corrected chi connectivity index (χ2v) is 8.57. The molecule has 33 heavy (non-hydrogen) atoms. The first-order valence-corrected chi connectivity index (χ1v) is 10.8. The number of nitrogens with zero attached hydrogens (tertiary/aromatic N) is 2. The second-order valence-electron chi connectivity index (χ2n) is 8.57. The van der Waals surface area contributed by atoms with E-state index in [-0.39, 0.29) is 18.8 Å². The number of fused-ring (bicyclic) bond motifs is 2. The van der Waals surface area contributed by atoms with Gasteiger partial charge in [0.05, 0.1) is 13.2 Å². The highest BCUT2D eigenvalue weighted by Gasteiger charge is 2.34. The van der Waals surface area contributed by atoms with Gasteiger partial charge in [-0.1, -0.05) is 30.3 Å². The molecule has 0 bridgehead atoms. The van der Waals surface area contributed by atoms with Crippen molar-refractivity contribution in [1.29, 1.82) is 0 Å². The third kappa shape index (κ3) is 3.68. The van der Waals surface area contributed by atoms with E-state index < -0.39 is 22.8 Å². The molecular weight excluding hydrogens is 420 g/mol. The van der Waals surface area contributed by atoms with Crippen molar-refractivity contribution in [2.75, 3.05) is 6.61 Å². The number of aromatic nitrogens is 3. The number of nitrogens with one attached hydrogen (secondary N) is 2. The quantitative estimate of drug-likeness (QED) is 0.448. The van der Waals surface area contributed by atoms with Crippen LogP contribution in [0.2, 0.25) is 0 Å². The normalized spacial score (nSPS) is 14.7. The van der Waals surface area contributed by atoms with Gasteiger partial charge < -0.3 is 20.1 Å². The second kappa shape index (κ2) is 7.90. The molecule has 0 aliphatic carbocycles. The summed E-state index contributed by atoms with van der Waals surface area (Å²) in [6.45, 7) is 4.37. The molecule has 0 fully saturated rings. The lowest BCUT2D eigenvalue weighted by Crippen LogP contribution is -2.42.